The lowest BCUT2D eigenvalue weighted by Crippen LogP contribution is -2.11. The Kier molecular flexibility index (Phi) is 4.56. The van der Waals surface area contributed by atoms with Crippen molar-refractivity contribution in [3.05, 3.63) is 58.1 Å². The number of halogens is 1. The van der Waals surface area contributed by atoms with Crippen LogP contribution in [0.5, 0.6) is 0 Å². The Morgan fingerprint density at radius 1 is 1.06 bits per heavy atom. The Hall–Kier alpha value is -1.12. The van der Waals surface area contributed by atoms with Gasteiger partial charge in [0.05, 0.1) is 0 Å². The zero-order valence-electron chi connectivity index (χ0n) is 10.8. The molecule has 1 nitrogen and oxygen atoms in total. The lowest BCUT2D eigenvalue weighted by Gasteiger charge is -2.09. The van der Waals surface area contributed by atoms with E-state index in [2.05, 4.69) is 77.6 Å². The van der Waals surface area contributed by atoms with E-state index in [4.69, 9.17) is 0 Å². The van der Waals surface area contributed by atoms with E-state index in [-0.39, 0.29) is 0 Å². The molecule has 0 heterocycles. The molecule has 0 unspecified atom stereocenters. The summed E-state index contributed by atoms with van der Waals surface area (Å²) in [5, 5.41) is 3.35. The van der Waals surface area contributed by atoms with Crippen molar-refractivity contribution in [2.24, 2.45) is 0 Å². The number of hydrogen-bond acceptors (Lipinski definition) is 1. The summed E-state index contributed by atoms with van der Waals surface area (Å²) in [7, 11) is 0. The van der Waals surface area contributed by atoms with Crippen LogP contribution < -0.4 is 5.32 Å². The van der Waals surface area contributed by atoms with Crippen LogP contribution in [0.25, 0.3) is 11.1 Å². The van der Waals surface area contributed by atoms with Gasteiger partial charge in [-0.3, -0.25) is 0 Å². The lowest BCUT2D eigenvalue weighted by atomic mass is 9.98. The Labute approximate surface area is 117 Å². The van der Waals surface area contributed by atoms with Crippen LogP contribution in [-0.4, -0.2) is 6.54 Å². The molecular formula is C16H18BrN. The van der Waals surface area contributed by atoms with Crippen molar-refractivity contribution in [3.63, 3.8) is 0 Å². The molecule has 2 rings (SSSR count). The maximum absolute atomic E-state index is 3.47. The summed E-state index contributed by atoms with van der Waals surface area (Å²) in [6, 6.07) is 15.1. The van der Waals surface area contributed by atoms with E-state index >= 15 is 0 Å². The molecule has 0 atom stereocenters. The van der Waals surface area contributed by atoms with Gasteiger partial charge in [-0.2, -0.15) is 0 Å². The van der Waals surface area contributed by atoms with E-state index in [0.717, 1.165) is 17.6 Å². The van der Waals surface area contributed by atoms with E-state index in [1.54, 1.807) is 0 Å². The highest BCUT2D eigenvalue weighted by Gasteiger charge is 2.03. The molecule has 0 amide bonds. The van der Waals surface area contributed by atoms with Crippen LogP contribution in [0, 0.1) is 6.92 Å². The molecule has 2 aromatic rings. The monoisotopic (exact) mass is 303 g/mol. The quantitative estimate of drug-likeness (QED) is 0.875. The van der Waals surface area contributed by atoms with Gasteiger partial charge >= 0.3 is 0 Å². The molecule has 94 valence electrons. The molecule has 0 saturated heterocycles. The smallest absolute Gasteiger partial charge is 0.0205 e. The fraction of sp³-hybridized carbons (Fsp3) is 0.250. The van der Waals surface area contributed by atoms with Gasteiger partial charge in [0.15, 0.2) is 0 Å². The molecule has 18 heavy (non-hydrogen) atoms. The first-order chi connectivity index (χ1) is 8.70. The molecule has 0 saturated carbocycles. The third-order valence-corrected chi connectivity index (χ3v) is 3.55. The van der Waals surface area contributed by atoms with E-state index in [9.17, 15) is 0 Å². The first kappa shape index (κ1) is 13.3. The Balaban J connectivity index is 2.26. The molecule has 0 aliphatic rings. The van der Waals surface area contributed by atoms with Gasteiger partial charge in [0.2, 0.25) is 0 Å². The summed E-state index contributed by atoms with van der Waals surface area (Å²) in [5.41, 5.74) is 5.25. The van der Waals surface area contributed by atoms with Gasteiger partial charge in [0.25, 0.3) is 0 Å². The number of hydrogen-bond donors (Lipinski definition) is 1. The third kappa shape index (κ3) is 3.21. The summed E-state index contributed by atoms with van der Waals surface area (Å²) in [4.78, 5) is 0. The van der Waals surface area contributed by atoms with Crippen LogP contribution in [0.15, 0.2) is 46.9 Å². The molecular weight excluding hydrogens is 286 g/mol. The van der Waals surface area contributed by atoms with Crippen LogP contribution in [-0.2, 0) is 6.54 Å². The van der Waals surface area contributed by atoms with Crippen molar-refractivity contribution < 1.29 is 0 Å². The maximum Gasteiger partial charge on any atom is 0.0205 e. The van der Waals surface area contributed by atoms with Crippen LogP contribution in [0.2, 0.25) is 0 Å². The molecule has 0 aromatic heterocycles. The Bertz CT molecular complexity index is 517. The first-order valence-corrected chi connectivity index (χ1v) is 7.06. The highest BCUT2D eigenvalue weighted by molar-refractivity contribution is 9.10. The van der Waals surface area contributed by atoms with Gasteiger partial charge < -0.3 is 5.32 Å². The van der Waals surface area contributed by atoms with Crippen molar-refractivity contribution in [1.82, 2.24) is 5.32 Å². The summed E-state index contributed by atoms with van der Waals surface area (Å²) in [6.07, 6.45) is 0. The van der Waals surface area contributed by atoms with Crippen molar-refractivity contribution in [3.8, 4) is 11.1 Å². The standard InChI is InChI=1S/C16H18BrN/c1-3-18-11-13-4-9-16(12(2)10-13)14-5-7-15(17)8-6-14/h4-10,18H,3,11H2,1-2H3. The number of nitrogens with one attached hydrogen (secondary N) is 1. The fourth-order valence-corrected chi connectivity index (χ4v) is 2.32. The average Bonchev–Trinajstić information content (AvgIpc) is 2.38. The molecule has 0 aliphatic carbocycles. The second-order valence-electron chi connectivity index (χ2n) is 4.44. The molecule has 2 aromatic carbocycles. The summed E-state index contributed by atoms with van der Waals surface area (Å²) < 4.78 is 1.12. The maximum atomic E-state index is 3.47. The SMILES string of the molecule is CCNCc1ccc(-c2ccc(Br)cc2)c(C)c1. The van der Waals surface area contributed by atoms with Gasteiger partial charge in [-0.25, -0.2) is 0 Å². The van der Waals surface area contributed by atoms with E-state index in [1.807, 2.05) is 0 Å². The van der Waals surface area contributed by atoms with Crippen LogP contribution in [0.3, 0.4) is 0 Å². The minimum absolute atomic E-state index is 0.942. The third-order valence-electron chi connectivity index (χ3n) is 3.03. The Morgan fingerprint density at radius 3 is 2.39 bits per heavy atom. The molecule has 0 bridgehead atoms. The van der Waals surface area contributed by atoms with Crippen molar-refractivity contribution in [2.45, 2.75) is 20.4 Å². The van der Waals surface area contributed by atoms with Crippen molar-refractivity contribution >= 4 is 15.9 Å². The summed E-state index contributed by atoms with van der Waals surface area (Å²) in [5.74, 6) is 0. The molecule has 0 fully saturated rings. The molecule has 0 spiro atoms. The largest absolute Gasteiger partial charge is 0.313 e. The van der Waals surface area contributed by atoms with Crippen molar-refractivity contribution in [2.75, 3.05) is 6.54 Å². The minimum Gasteiger partial charge on any atom is -0.313 e. The molecule has 2 heteroatoms. The molecule has 0 aliphatic heterocycles. The van der Waals surface area contributed by atoms with Gasteiger partial charge in [0.1, 0.15) is 0 Å². The van der Waals surface area contributed by atoms with Gasteiger partial charge in [-0.1, -0.05) is 53.2 Å². The van der Waals surface area contributed by atoms with Crippen LogP contribution in [0.4, 0.5) is 0 Å². The van der Waals surface area contributed by atoms with E-state index < -0.39 is 0 Å². The zero-order valence-corrected chi connectivity index (χ0v) is 12.4. The normalized spacial score (nSPS) is 10.6. The number of benzene rings is 2. The Morgan fingerprint density at radius 2 is 1.78 bits per heavy atom. The minimum atomic E-state index is 0.942. The van der Waals surface area contributed by atoms with Crippen LogP contribution in [0.1, 0.15) is 18.1 Å². The van der Waals surface area contributed by atoms with Gasteiger partial charge in [0, 0.05) is 11.0 Å². The predicted molar refractivity (Wildman–Crippen MR) is 81.7 cm³/mol. The lowest BCUT2D eigenvalue weighted by molar-refractivity contribution is 0.726. The van der Waals surface area contributed by atoms with E-state index in [0.29, 0.717) is 0 Å². The second-order valence-corrected chi connectivity index (χ2v) is 5.35. The van der Waals surface area contributed by atoms with Crippen molar-refractivity contribution in [1.29, 1.82) is 0 Å². The van der Waals surface area contributed by atoms with Gasteiger partial charge in [-0.15, -0.1) is 0 Å². The average molecular weight is 304 g/mol. The summed E-state index contributed by atoms with van der Waals surface area (Å²) in [6.45, 7) is 6.25. The van der Waals surface area contributed by atoms with Gasteiger partial charge in [-0.05, 0) is 47.9 Å². The highest BCUT2D eigenvalue weighted by atomic mass is 79.9. The van der Waals surface area contributed by atoms with Crippen LogP contribution >= 0.6 is 15.9 Å². The van der Waals surface area contributed by atoms with E-state index in [1.165, 1.54) is 22.3 Å². The zero-order chi connectivity index (χ0) is 13.0. The topological polar surface area (TPSA) is 12.0 Å². The fourth-order valence-electron chi connectivity index (χ4n) is 2.06. The summed E-state index contributed by atoms with van der Waals surface area (Å²) >= 11 is 3.47. The predicted octanol–water partition coefficient (Wildman–Crippen LogP) is 4.53. The highest BCUT2D eigenvalue weighted by Crippen LogP contribution is 2.25. The molecule has 0 radical (unpaired) electrons. The first-order valence-electron chi connectivity index (χ1n) is 6.27. The number of rotatable bonds is 4. The molecule has 1 N–H and O–H groups in total. The second kappa shape index (κ2) is 6.17. The number of aryl methyl sites for hydroxylation is 1.